The average molecular weight is 452 g/mol. The summed E-state index contributed by atoms with van der Waals surface area (Å²) in [5.41, 5.74) is 6.07. The highest BCUT2D eigenvalue weighted by Gasteiger charge is 2.40. The summed E-state index contributed by atoms with van der Waals surface area (Å²) in [6.45, 7) is 7.75. The normalized spacial score (nSPS) is 26.8. The van der Waals surface area contributed by atoms with Crippen molar-refractivity contribution in [3.05, 3.63) is 11.7 Å². The topological polar surface area (TPSA) is 97.7 Å². The van der Waals surface area contributed by atoms with Crippen molar-refractivity contribution in [1.82, 2.24) is 19.9 Å². The Morgan fingerprint density at radius 2 is 2.03 bits per heavy atom. The molecule has 168 valence electrons. The molecule has 8 nitrogen and oxygen atoms in total. The molecule has 10 heteroatoms. The van der Waals surface area contributed by atoms with E-state index in [2.05, 4.69) is 15.0 Å². The summed E-state index contributed by atoms with van der Waals surface area (Å²) >= 11 is 0. The number of nitrogens with two attached hydrogens (primary N) is 1. The third-order valence-electron chi connectivity index (χ3n) is 6.01. The van der Waals surface area contributed by atoms with Crippen LogP contribution < -0.4 is 5.73 Å². The van der Waals surface area contributed by atoms with Gasteiger partial charge in [0.15, 0.2) is 5.82 Å². The molecule has 2 fully saturated rings. The Kier molecular flexibility index (Phi) is 10.3. The molecule has 2 heterocycles. The second-order valence-corrected chi connectivity index (χ2v) is 8.18. The van der Waals surface area contributed by atoms with Gasteiger partial charge in [-0.25, -0.2) is 0 Å². The molecule has 2 N–H and O–H groups in total. The molecule has 0 spiro atoms. The predicted molar refractivity (Wildman–Crippen MR) is 115 cm³/mol. The minimum atomic E-state index is -0.375. The standard InChI is InChI=1S/C19H33N5O3.2ClH/c1-14(26-3)17-21-16(27-22-17)13-23-9-6-10-24(12-11-23)18(25)15-7-4-5-8-19(15,2)20;;/h14-15H,4-13,20H2,1-3H3;2*1H. The van der Waals surface area contributed by atoms with Gasteiger partial charge in [-0.05, 0) is 33.1 Å². The van der Waals surface area contributed by atoms with E-state index in [9.17, 15) is 4.79 Å². The molecule has 29 heavy (non-hydrogen) atoms. The molecule has 1 saturated heterocycles. The zero-order valence-electron chi connectivity index (χ0n) is 17.6. The Balaban J connectivity index is 0.00000210. The van der Waals surface area contributed by atoms with Crippen LogP contribution in [0.2, 0.25) is 0 Å². The lowest BCUT2D eigenvalue weighted by atomic mass is 9.74. The smallest absolute Gasteiger partial charge is 0.240 e. The van der Waals surface area contributed by atoms with Gasteiger partial charge < -0.3 is 19.9 Å². The summed E-state index contributed by atoms with van der Waals surface area (Å²) in [6, 6.07) is 0. The third-order valence-corrected chi connectivity index (χ3v) is 6.01. The van der Waals surface area contributed by atoms with Crippen molar-refractivity contribution in [2.75, 3.05) is 33.3 Å². The molecule has 3 rings (SSSR count). The zero-order valence-corrected chi connectivity index (χ0v) is 19.3. The molecule has 1 aliphatic carbocycles. The van der Waals surface area contributed by atoms with E-state index >= 15 is 0 Å². The van der Waals surface area contributed by atoms with Crippen LogP contribution in [0.15, 0.2) is 4.52 Å². The summed E-state index contributed by atoms with van der Waals surface area (Å²) in [5.74, 6) is 1.34. The Morgan fingerprint density at radius 3 is 2.72 bits per heavy atom. The maximum absolute atomic E-state index is 13.1. The molecule has 1 aliphatic heterocycles. The molecule has 1 aromatic heterocycles. The number of nitrogens with zero attached hydrogens (tertiary/aromatic N) is 4. The molecule has 2 aliphatic rings. The summed E-state index contributed by atoms with van der Waals surface area (Å²) in [7, 11) is 1.62. The molecular formula is C19H35Cl2N5O3. The number of carbonyl (C=O) groups is 1. The lowest BCUT2D eigenvalue weighted by molar-refractivity contribution is -0.138. The number of methoxy groups -OCH3 is 1. The van der Waals surface area contributed by atoms with E-state index < -0.39 is 0 Å². The van der Waals surface area contributed by atoms with Gasteiger partial charge in [0.05, 0.1) is 12.5 Å². The van der Waals surface area contributed by atoms with Crippen LogP contribution in [0.1, 0.15) is 63.8 Å². The van der Waals surface area contributed by atoms with Gasteiger partial charge in [0.25, 0.3) is 0 Å². The maximum Gasteiger partial charge on any atom is 0.240 e. The number of halogens is 2. The van der Waals surface area contributed by atoms with Crippen molar-refractivity contribution in [2.24, 2.45) is 11.7 Å². The van der Waals surface area contributed by atoms with Crippen molar-refractivity contribution < 1.29 is 14.1 Å². The lowest BCUT2D eigenvalue weighted by Gasteiger charge is -2.39. The first-order chi connectivity index (χ1) is 12.9. The van der Waals surface area contributed by atoms with Gasteiger partial charge >= 0.3 is 0 Å². The largest absolute Gasteiger partial charge is 0.374 e. The van der Waals surface area contributed by atoms with E-state index in [4.69, 9.17) is 15.0 Å². The molecule has 0 bridgehead atoms. The predicted octanol–water partition coefficient (Wildman–Crippen LogP) is 2.56. The van der Waals surface area contributed by atoms with Gasteiger partial charge in [0.2, 0.25) is 11.8 Å². The van der Waals surface area contributed by atoms with E-state index in [1.54, 1.807) is 7.11 Å². The summed E-state index contributed by atoms with van der Waals surface area (Å²) < 4.78 is 10.6. The summed E-state index contributed by atoms with van der Waals surface area (Å²) in [5, 5.41) is 3.98. The molecule has 0 aromatic carbocycles. The number of ether oxygens (including phenoxy) is 1. The Bertz CT molecular complexity index is 643. The monoisotopic (exact) mass is 451 g/mol. The SMILES string of the molecule is COC(C)c1noc(CN2CCCN(C(=O)C3CCCCC3(C)N)CC2)n1.Cl.Cl. The number of rotatable bonds is 5. The van der Waals surface area contributed by atoms with Crippen molar-refractivity contribution in [3.8, 4) is 0 Å². The molecular weight excluding hydrogens is 417 g/mol. The van der Waals surface area contributed by atoms with Crippen LogP contribution in [-0.2, 0) is 16.1 Å². The van der Waals surface area contributed by atoms with Crippen LogP contribution in [0, 0.1) is 5.92 Å². The second-order valence-electron chi connectivity index (χ2n) is 8.18. The quantitative estimate of drug-likeness (QED) is 0.733. The summed E-state index contributed by atoms with van der Waals surface area (Å²) in [6.07, 6.45) is 4.83. The fourth-order valence-electron chi connectivity index (χ4n) is 4.13. The van der Waals surface area contributed by atoms with E-state index in [-0.39, 0.29) is 48.3 Å². The number of amides is 1. The minimum absolute atomic E-state index is 0. The van der Waals surface area contributed by atoms with Crippen LogP contribution >= 0.6 is 24.8 Å². The first-order valence-electron chi connectivity index (χ1n) is 10.1. The van der Waals surface area contributed by atoms with Crippen molar-refractivity contribution in [2.45, 2.75) is 64.1 Å². The van der Waals surface area contributed by atoms with Gasteiger partial charge in [-0.1, -0.05) is 18.0 Å². The van der Waals surface area contributed by atoms with Gasteiger partial charge in [-0.3, -0.25) is 9.69 Å². The van der Waals surface area contributed by atoms with Gasteiger partial charge in [0, 0.05) is 38.8 Å². The zero-order chi connectivity index (χ0) is 19.4. The van der Waals surface area contributed by atoms with E-state index in [1.807, 2.05) is 18.7 Å². The number of carbonyl (C=O) groups excluding carboxylic acids is 1. The highest BCUT2D eigenvalue weighted by atomic mass is 35.5. The van der Waals surface area contributed by atoms with Crippen molar-refractivity contribution in [3.63, 3.8) is 0 Å². The first kappa shape index (κ1) is 26.1. The summed E-state index contributed by atoms with van der Waals surface area (Å²) in [4.78, 5) is 21.8. The van der Waals surface area contributed by atoms with E-state index in [0.717, 1.165) is 58.3 Å². The molecule has 1 saturated carbocycles. The molecule has 3 atom stereocenters. The van der Waals surface area contributed by atoms with Crippen LogP contribution in [0.3, 0.4) is 0 Å². The van der Waals surface area contributed by atoms with Crippen LogP contribution in [-0.4, -0.2) is 64.7 Å². The number of aromatic nitrogens is 2. The molecule has 0 radical (unpaired) electrons. The third kappa shape index (κ3) is 6.52. The molecule has 3 unspecified atom stereocenters. The first-order valence-corrected chi connectivity index (χ1v) is 10.1. The van der Waals surface area contributed by atoms with Crippen molar-refractivity contribution in [1.29, 1.82) is 0 Å². The van der Waals surface area contributed by atoms with E-state index in [1.165, 1.54) is 0 Å². The number of hydrogen-bond acceptors (Lipinski definition) is 7. The van der Waals surface area contributed by atoms with E-state index in [0.29, 0.717) is 18.3 Å². The van der Waals surface area contributed by atoms with Crippen LogP contribution in [0.4, 0.5) is 0 Å². The fraction of sp³-hybridized carbons (Fsp3) is 0.842. The Labute approximate surface area is 185 Å². The minimum Gasteiger partial charge on any atom is -0.374 e. The Morgan fingerprint density at radius 1 is 1.28 bits per heavy atom. The second kappa shape index (κ2) is 11.5. The number of hydrogen-bond donors (Lipinski definition) is 1. The highest BCUT2D eigenvalue weighted by molar-refractivity contribution is 5.85. The van der Waals surface area contributed by atoms with Crippen LogP contribution in [0.25, 0.3) is 0 Å². The van der Waals surface area contributed by atoms with Gasteiger partial charge in [-0.15, -0.1) is 24.8 Å². The highest BCUT2D eigenvalue weighted by Crippen LogP contribution is 2.33. The molecule has 1 amide bonds. The molecule has 1 aromatic rings. The fourth-order valence-corrected chi connectivity index (χ4v) is 4.13. The van der Waals surface area contributed by atoms with Gasteiger partial charge in [-0.2, -0.15) is 4.98 Å². The Hall–Kier alpha value is -0.930. The average Bonchev–Trinajstić information content (AvgIpc) is 2.98. The van der Waals surface area contributed by atoms with Crippen molar-refractivity contribution >= 4 is 30.7 Å². The maximum atomic E-state index is 13.1. The van der Waals surface area contributed by atoms with Gasteiger partial charge in [0.1, 0.15) is 6.10 Å². The lowest BCUT2D eigenvalue weighted by Crippen LogP contribution is -2.54. The van der Waals surface area contributed by atoms with Crippen LogP contribution in [0.5, 0.6) is 0 Å².